The number of carbonyl (C=O) groups is 1. The molecule has 0 aliphatic heterocycles. The zero-order chi connectivity index (χ0) is 15.6. The Morgan fingerprint density at radius 3 is 2.50 bits per heavy atom. The van der Waals surface area contributed by atoms with Gasteiger partial charge in [0.25, 0.3) is 0 Å². The number of hydrogen-bond acceptors (Lipinski definition) is 4. The number of hydrogen-bond donors (Lipinski definition) is 2. The summed E-state index contributed by atoms with van der Waals surface area (Å²) in [6, 6.07) is 3.30. The average Bonchev–Trinajstić information content (AvgIpc) is 2.37. The average molecular weight is 287 g/mol. The molecule has 108 valence electrons. The van der Waals surface area contributed by atoms with Crippen molar-refractivity contribution >= 4 is 11.8 Å². The number of nitriles is 1. The first-order chi connectivity index (χ1) is 9.14. The zero-order valence-corrected chi connectivity index (χ0v) is 10.7. The molecule has 1 atom stereocenters. The molecule has 1 aromatic heterocycles. The lowest BCUT2D eigenvalue weighted by atomic mass is 9.99. The molecule has 0 saturated carbocycles. The number of nitrogens with zero attached hydrogens (tertiary/aromatic N) is 2. The van der Waals surface area contributed by atoms with Crippen LogP contribution in [0.3, 0.4) is 0 Å². The number of alkyl halides is 3. The lowest BCUT2D eigenvalue weighted by Crippen LogP contribution is -2.43. The van der Waals surface area contributed by atoms with Gasteiger partial charge in [-0.1, -0.05) is 6.92 Å². The van der Waals surface area contributed by atoms with Gasteiger partial charge in [-0.3, -0.25) is 0 Å². The standard InChI is InChI=1S/C12H12F3N3O2/c1-3-11(2,10(19)20)18-9-7(6-16)4-5-8(17-9)12(13,14)15/h4-5H,3H2,1-2H3,(H,17,18)(H,19,20). The summed E-state index contributed by atoms with van der Waals surface area (Å²) in [5.74, 6) is -1.64. The largest absolute Gasteiger partial charge is 0.480 e. The highest BCUT2D eigenvalue weighted by molar-refractivity contribution is 5.82. The van der Waals surface area contributed by atoms with Crippen molar-refractivity contribution in [1.29, 1.82) is 5.26 Å². The van der Waals surface area contributed by atoms with Crippen molar-refractivity contribution in [2.24, 2.45) is 0 Å². The molecule has 0 spiro atoms. The maximum absolute atomic E-state index is 12.6. The van der Waals surface area contributed by atoms with Crippen LogP contribution in [0.1, 0.15) is 31.5 Å². The third-order valence-electron chi connectivity index (χ3n) is 2.88. The van der Waals surface area contributed by atoms with E-state index in [0.717, 1.165) is 6.07 Å². The van der Waals surface area contributed by atoms with Crippen LogP contribution in [0.4, 0.5) is 19.0 Å². The van der Waals surface area contributed by atoms with Crippen LogP contribution >= 0.6 is 0 Å². The molecule has 20 heavy (non-hydrogen) atoms. The predicted molar refractivity (Wildman–Crippen MR) is 63.9 cm³/mol. The number of anilines is 1. The van der Waals surface area contributed by atoms with Crippen LogP contribution < -0.4 is 5.32 Å². The highest BCUT2D eigenvalue weighted by Crippen LogP contribution is 2.30. The normalized spacial score (nSPS) is 14.2. The minimum Gasteiger partial charge on any atom is -0.480 e. The molecule has 0 amide bonds. The molecule has 1 rings (SSSR count). The Bertz CT molecular complexity index is 566. The number of carboxylic acid groups (broad SMARTS) is 1. The van der Waals surface area contributed by atoms with Gasteiger partial charge in [0, 0.05) is 0 Å². The Morgan fingerprint density at radius 2 is 2.10 bits per heavy atom. The zero-order valence-electron chi connectivity index (χ0n) is 10.7. The highest BCUT2D eigenvalue weighted by atomic mass is 19.4. The summed E-state index contributed by atoms with van der Waals surface area (Å²) in [7, 11) is 0. The molecule has 1 unspecified atom stereocenters. The summed E-state index contributed by atoms with van der Waals surface area (Å²) in [5.41, 5.74) is -2.86. The van der Waals surface area contributed by atoms with E-state index in [-0.39, 0.29) is 12.0 Å². The smallest absolute Gasteiger partial charge is 0.433 e. The molecule has 0 aliphatic carbocycles. The van der Waals surface area contributed by atoms with Crippen molar-refractivity contribution in [3.05, 3.63) is 23.4 Å². The lowest BCUT2D eigenvalue weighted by molar-refractivity contribution is -0.141. The fourth-order valence-corrected chi connectivity index (χ4v) is 1.36. The van der Waals surface area contributed by atoms with Crippen molar-refractivity contribution < 1.29 is 23.1 Å². The fraction of sp³-hybridized carbons (Fsp3) is 0.417. The van der Waals surface area contributed by atoms with Gasteiger partial charge in [0.05, 0.1) is 5.56 Å². The first-order valence-electron chi connectivity index (χ1n) is 5.64. The van der Waals surface area contributed by atoms with Gasteiger partial charge in [-0.2, -0.15) is 18.4 Å². The van der Waals surface area contributed by atoms with Crippen LogP contribution in [-0.2, 0) is 11.0 Å². The number of carboxylic acids is 1. The van der Waals surface area contributed by atoms with Crippen LogP contribution in [0, 0.1) is 11.3 Å². The molecule has 0 radical (unpaired) electrons. The predicted octanol–water partition coefficient (Wildman–Crippen LogP) is 2.64. The molecular weight excluding hydrogens is 275 g/mol. The second-order valence-electron chi connectivity index (χ2n) is 4.32. The Kier molecular flexibility index (Phi) is 4.23. The fourth-order valence-electron chi connectivity index (χ4n) is 1.36. The molecule has 1 heterocycles. The first kappa shape index (κ1) is 15.8. The molecular formula is C12H12F3N3O2. The van der Waals surface area contributed by atoms with Gasteiger partial charge in [-0.15, -0.1) is 0 Å². The van der Waals surface area contributed by atoms with E-state index in [9.17, 15) is 18.0 Å². The van der Waals surface area contributed by atoms with Gasteiger partial charge in [0.2, 0.25) is 0 Å². The van der Waals surface area contributed by atoms with E-state index in [0.29, 0.717) is 6.07 Å². The summed E-state index contributed by atoms with van der Waals surface area (Å²) in [4.78, 5) is 14.5. The number of pyridine rings is 1. The maximum Gasteiger partial charge on any atom is 0.433 e. The topological polar surface area (TPSA) is 86.0 Å². The van der Waals surface area contributed by atoms with E-state index < -0.39 is 29.2 Å². The molecule has 0 aromatic carbocycles. The summed E-state index contributed by atoms with van der Waals surface area (Å²) in [6.45, 7) is 2.86. The maximum atomic E-state index is 12.6. The van der Waals surface area contributed by atoms with Gasteiger partial charge in [0.1, 0.15) is 23.1 Å². The Labute approximate surface area is 113 Å². The summed E-state index contributed by atoms with van der Waals surface area (Å²) < 4.78 is 37.8. The van der Waals surface area contributed by atoms with Gasteiger partial charge >= 0.3 is 12.1 Å². The molecule has 8 heteroatoms. The van der Waals surface area contributed by atoms with Crippen molar-refractivity contribution in [2.45, 2.75) is 32.0 Å². The minimum absolute atomic E-state index is 0.102. The Hall–Kier alpha value is -2.30. The van der Waals surface area contributed by atoms with Gasteiger partial charge in [0.15, 0.2) is 0 Å². The van der Waals surface area contributed by atoms with E-state index >= 15 is 0 Å². The van der Waals surface area contributed by atoms with E-state index in [1.165, 1.54) is 6.92 Å². The van der Waals surface area contributed by atoms with E-state index in [1.54, 1.807) is 13.0 Å². The SMILES string of the molecule is CCC(C)(Nc1nc(C(F)(F)F)ccc1C#N)C(=O)O. The van der Waals surface area contributed by atoms with Gasteiger partial charge < -0.3 is 10.4 Å². The molecule has 5 nitrogen and oxygen atoms in total. The van der Waals surface area contributed by atoms with Crippen molar-refractivity contribution in [3.63, 3.8) is 0 Å². The lowest BCUT2D eigenvalue weighted by Gasteiger charge is -2.26. The van der Waals surface area contributed by atoms with Crippen molar-refractivity contribution in [1.82, 2.24) is 4.98 Å². The molecule has 0 aliphatic rings. The number of aliphatic carboxylic acids is 1. The van der Waals surface area contributed by atoms with E-state index in [2.05, 4.69) is 10.3 Å². The third-order valence-corrected chi connectivity index (χ3v) is 2.88. The summed E-state index contributed by atoms with van der Waals surface area (Å²) in [6.07, 6.45) is -4.57. The highest BCUT2D eigenvalue weighted by Gasteiger charge is 2.35. The van der Waals surface area contributed by atoms with Crippen molar-refractivity contribution in [3.8, 4) is 6.07 Å². The number of halogens is 3. The summed E-state index contributed by atoms with van der Waals surface area (Å²) in [5, 5.41) is 20.4. The monoisotopic (exact) mass is 287 g/mol. The number of rotatable bonds is 4. The molecule has 1 aromatic rings. The Balaban J connectivity index is 3.29. The molecule has 0 bridgehead atoms. The summed E-state index contributed by atoms with van der Waals surface area (Å²) >= 11 is 0. The molecule has 0 saturated heterocycles. The van der Waals surface area contributed by atoms with Gasteiger partial charge in [-0.05, 0) is 25.5 Å². The van der Waals surface area contributed by atoms with Crippen LogP contribution in [0.5, 0.6) is 0 Å². The second-order valence-corrected chi connectivity index (χ2v) is 4.32. The van der Waals surface area contributed by atoms with E-state index in [1.807, 2.05) is 0 Å². The number of aromatic nitrogens is 1. The third kappa shape index (κ3) is 3.17. The second kappa shape index (κ2) is 5.36. The quantitative estimate of drug-likeness (QED) is 0.889. The van der Waals surface area contributed by atoms with Crippen molar-refractivity contribution in [2.75, 3.05) is 5.32 Å². The van der Waals surface area contributed by atoms with Crippen LogP contribution in [0.25, 0.3) is 0 Å². The van der Waals surface area contributed by atoms with Gasteiger partial charge in [-0.25, -0.2) is 9.78 Å². The molecule has 2 N–H and O–H groups in total. The number of nitrogens with one attached hydrogen (secondary N) is 1. The van der Waals surface area contributed by atoms with Crippen LogP contribution in [0.15, 0.2) is 12.1 Å². The first-order valence-corrected chi connectivity index (χ1v) is 5.64. The van der Waals surface area contributed by atoms with Crippen LogP contribution in [0.2, 0.25) is 0 Å². The van der Waals surface area contributed by atoms with E-state index in [4.69, 9.17) is 10.4 Å². The molecule has 0 fully saturated rings. The van der Waals surface area contributed by atoms with Crippen LogP contribution in [-0.4, -0.2) is 21.6 Å². The minimum atomic E-state index is -4.67. The Morgan fingerprint density at radius 1 is 1.50 bits per heavy atom.